The molecule has 0 aliphatic carbocycles. The van der Waals surface area contributed by atoms with Gasteiger partial charge in [0.25, 0.3) is 0 Å². The lowest BCUT2D eigenvalue weighted by molar-refractivity contribution is 0.789. The van der Waals surface area contributed by atoms with Crippen molar-refractivity contribution in [2.24, 2.45) is 7.05 Å². The van der Waals surface area contributed by atoms with E-state index in [0.29, 0.717) is 10.7 Å². The van der Waals surface area contributed by atoms with Gasteiger partial charge in [-0.25, -0.2) is 0 Å². The van der Waals surface area contributed by atoms with Crippen LogP contribution in [0.5, 0.6) is 0 Å². The fourth-order valence-corrected chi connectivity index (χ4v) is 2.20. The molecule has 0 radical (unpaired) electrons. The zero-order chi connectivity index (χ0) is 10.8. The quantitative estimate of drug-likeness (QED) is 0.818. The van der Waals surface area contributed by atoms with E-state index in [1.165, 1.54) is 11.8 Å². The van der Waals surface area contributed by atoms with E-state index in [0.717, 1.165) is 10.1 Å². The molecule has 0 fully saturated rings. The summed E-state index contributed by atoms with van der Waals surface area (Å²) in [6, 6.07) is 5.43. The lowest BCUT2D eigenvalue weighted by Crippen LogP contribution is -1.92. The van der Waals surface area contributed by atoms with E-state index in [9.17, 15) is 0 Å². The molecule has 2 rings (SSSR count). The molecule has 15 heavy (non-hydrogen) atoms. The molecule has 0 bridgehead atoms. The second-order valence-corrected chi connectivity index (χ2v) is 4.37. The largest absolute Gasteiger partial charge is 0.398 e. The third-order valence-electron chi connectivity index (χ3n) is 1.86. The van der Waals surface area contributed by atoms with Crippen molar-refractivity contribution in [3.63, 3.8) is 0 Å². The predicted molar refractivity (Wildman–Crippen MR) is 61.0 cm³/mol. The number of benzene rings is 1. The summed E-state index contributed by atoms with van der Waals surface area (Å²) in [6.07, 6.45) is 1.63. The number of nitrogens with zero attached hydrogens (tertiary/aromatic N) is 3. The van der Waals surface area contributed by atoms with Crippen LogP contribution >= 0.6 is 23.4 Å². The second kappa shape index (κ2) is 4.12. The molecule has 0 unspecified atom stereocenters. The number of aromatic nitrogens is 3. The molecule has 1 aromatic heterocycles. The molecule has 4 nitrogen and oxygen atoms in total. The number of aryl methyl sites for hydroxylation is 1. The molecule has 2 aromatic rings. The van der Waals surface area contributed by atoms with E-state index in [1.807, 2.05) is 23.7 Å². The van der Waals surface area contributed by atoms with Crippen LogP contribution in [-0.4, -0.2) is 14.8 Å². The van der Waals surface area contributed by atoms with Crippen molar-refractivity contribution in [2.45, 2.75) is 10.1 Å². The van der Waals surface area contributed by atoms with Gasteiger partial charge in [-0.05, 0) is 23.9 Å². The number of rotatable bonds is 2. The molecular weight excluding hydrogens is 232 g/mol. The van der Waals surface area contributed by atoms with E-state index in [1.54, 1.807) is 12.4 Å². The van der Waals surface area contributed by atoms with E-state index in [2.05, 4.69) is 10.2 Å². The van der Waals surface area contributed by atoms with Crippen LogP contribution in [0.4, 0.5) is 5.69 Å². The zero-order valence-electron chi connectivity index (χ0n) is 8.01. The summed E-state index contributed by atoms with van der Waals surface area (Å²) in [5.74, 6) is 0. The minimum absolute atomic E-state index is 0.628. The van der Waals surface area contributed by atoms with Gasteiger partial charge in [0.05, 0.1) is 9.92 Å². The van der Waals surface area contributed by atoms with Crippen molar-refractivity contribution < 1.29 is 0 Å². The molecule has 0 amide bonds. The molecular formula is C9H9ClN4S. The van der Waals surface area contributed by atoms with E-state index >= 15 is 0 Å². The Hall–Kier alpha value is -1.20. The molecule has 1 heterocycles. The number of hydrogen-bond acceptors (Lipinski definition) is 4. The van der Waals surface area contributed by atoms with Crippen molar-refractivity contribution in [1.29, 1.82) is 0 Å². The summed E-state index contributed by atoms with van der Waals surface area (Å²) in [6.45, 7) is 0. The van der Waals surface area contributed by atoms with Crippen molar-refractivity contribution >= 4 is 29.1 Å². The van der Waals surface area contributed by atoms with Gasteiger partial charge in [0.1, 0.15) is 6.33 Å². The van der Waals surface area contributed by atoms with Crippen LogP contribution in [0, 0.1) is 0 Å². The first-order chi connectivity index (χ1) is 7.18. The van der Waals surface area contributed by atoms with Gasteiger partial charge in [-0.3, -0.25) is 0 Å². The van der Waals surface area contributed by atoms with Gasteiger partial charge < -0.3 is 10.3 Å². The molecule has 78 valence electrons. The summed E-state index contributed by atoms with van der Waals surface area (Å²) in [4.78, 5) is 0.815. The standard InChI is InChI=1S/C9H9ClN4S/c1-14-5-12-13-9(14)15-8-6(10)3-2-4-7(8)11/h2-5H,11H2,1H3. The first kappa shape index (κ1) is 10.3. The molecule has 2 N–H and O–H groups in total. The Morgan fingerprint density at radius 3 is 2.87 bits per heavy atom. The first-order valence-electron chi connectivity index (χ1n) is 4.24. The van der Waals surface area contributed by atoms with Gasteiger partial charge in [0, 0.05) is 12.7 Å². The third kappa shape index (κ3) is 2.08. The number of halogens is 1. The number of nitrogen functional groups attached to an aromatic ring is 1. The van der Waals surface area contributed by atoms with Gasteiger partial charge in [-0.15, -0.1) is 10.2 Å². The molecule has 6 heteroatoms. The minimum atomic E-state index is 0.628. The summed E-state index contributed by atoms with van der Waals surface area (Å²) in [7, 11) is 1.87. The Kier molecular flexibility index (Phi) is 2.83. The van der Waals surface area contributed by atoms with Gasteiger partial charge >= 0.3 is 0 Å². The smallest absolute Gasteiger partial charge is 0.195 e. The van der Waals surface area contributed by atoms with Crippen LogP contribution in [0.15, 0.2) is 34.6 Å². The number of nitrogens with two attached hydrogens (primary N) is 1. The maximum atomic E-state index is 6.04. The van der Waals surface area contributed by atoms with Crippen LogP contribution in [-0.2, 0) is 7.05 Å². The summed E-state index contributed by atoms with van der Waals surface area (Å²) < 4.78 is 1.81. The Balaban J connectivity index is 2.36. The fraction of sp³-hybridized carbons (Fsp3) is 0.111. The van der Waals surface area contributed by atoms with Gasteiger partial charge in [0.15, 0.2) is 5.16 Å². The lowest BCUT2D eigenvalue weighted by atomic mass is 10.3. The van der Waals surface area contributed by atoms with Crippen molar-refractivity contribution in [1.82, 2.24) is 14.8 Å². The van der Waals surface area contributed by atoms with Crippen molar-refractivity contribution in [3.05, 3.63) is 29.5 Å². The van der Waals surface area contributed by atoms with Gasteiger partial charge in [0.2, 0.25) is 0 Å². The third-order valence-corrected chi connectivity index (χ3v) is 3.50. The summed E-state index contributed by atoms with van der Waals surface area (Å²) >= 11 is 7.45. The maximum absolute atomic E-state index is 6.04. The molecule has 0 saturated heterocycles. The molecule has 0 aliphatic heterocycles. The second-order valence-electron chi connectivity index (χ2n) is 2.98. The molecule has 1 aromatic carbocycles. The van der Waals surface area contributed by atoms with E-state index in [-0.39, 0.29) is 0 Å². The lowest BCUT2D eigenvalue weighted by Gasteiger charge is -2.05. The Bertz CT molecular complexity index is 462. The average molecular weight is 241 g/mol. The Morgan fingerprint density at radius 1 is 1.47 bits per heavy atom. The van der Waals surface area contributed by atoms with E-state index in [4.69, 9.17) is 17.3 Å². The summed E-state index contributed by atoms with van der Waals surface area (Å²) in [5.41, 5.74) is 6.47. The highest BCUT2D eigenvalue weighted by Gasteiger charge is 2.09. The van der Waals surface area contributed by atoms with Crippen LogP contribution in [0.2, 0.25) is 5.02 Å². The minimum Gasteiger partial charge on any atom is -0.398 e. The average Bonchev–Trinajstić information content (AvgIpc) is 2.58. The first-order valence-corrected chi connectivity index (χ1v) is 5.44. The molecule has 0 aliphatic rings. The monoisotopic (exact) mass is 240 g/mol. The summed E-state index contributed by atoms with van der Waals surface area (Å²) in [5, 5.41) is 9.13. The highest BCUT2D eigenvalue weighted by Crippen LogP contribution is 2.35. The number of anilines is 1. The molecule has 0 atom stereocenters. The van der Waals surface area contributed by atoms with Gasteiger partial charge in [-0.2, -0.15) is 0 Å². The normalized spacial score (nSPS) is 10.5. The van der Waals surface area contributed by atoms with Crippen molar-refractivity contribution in [3.8, 4) is 0 Å². The number of hydrogen-bond donors (Lipinski definition) is 1. The van der Waals surface area contributed by atoms with E-state index < -0.39 is 0 Å². The molecule has 0 spiro atoms. The van der Waals surface area contributed by atoms with Crippen LogP contribution in [0.25, 0.3) is 0 Å². The van der Waals surface area contributed by atoms with Crippen LogP contribution in [0.1, 0.15) is 0 Å². The zero-order valence-corrected chi connectivity index (χ0v) is 9.59. The van der Waals surface area contributed by atoms with Crippen LogP contribution in [0.3, 0.4) is 0 Å². The van der Waals surface area contributed by atoms with Gasteiger partial charge in [-0.1, -0.05) is 17.7 Å². The van der Waals surface area contributed by atoms with Crippen molar-refractivity contribution in [2.75, 3.05) is 5.73 Å². The van der Waals surface area contributed by atoms with Crippen LogP contribution < -0.4 is 5.73 Å². The Morgan fingerprint density at radius 2 is 2.27 bits per heavy atom. The molecule has 0 saturated carbocycles. The highest BCUT2D eigenvalue weighted by molar-refractivity contribution is 7.99. The highest BCUT2D eigenvalue weighted by atomic mass is 35.5. The maximum Gasteiger partial charge on any atom is 0.195 e. The Labute approximate surface area is 96.4 Å². The fourth-order valence-electron chi connectivity index (χ4n) is 1.09. The predicted octanol–water partition coefficient (Wildman–Crippen LogP) is 2.20. The SMILES string of the molecule is Cn1cnnc1Sc1c(N)cccc1Cl. The topological polar surface area (TPSA) is 56.7 Å².